The number of carbonyl (C=O) groups is 2. The van der Waals surface area contributed by atoms with Gasteiger partial charge in [-0.1, -0.05) is 36.4 Å². The van der Waals surface area contributed by atoms with Crippen LogP contribution in [-0.4, -0.2) is 48.1 Å². The van der Waals surface area contributed by atoms with E-state index in [4.69, 9.17) is 19.2 Å². The zero-order chi connectivity index (χ0) is 31.8. The van der Waals surface area contributed by atoms with Gasteiger partial charge in [-0.25, -0.2) is 4.98 Å². The molecule has 2 amide bonds. The minimum atomic E-state index is -0.833. The van der Waals surface area contributed by atoms with Crippen molar-refractivity contribution in [1.29, 1.82) is 0 Å². The molecule has 0 aliphatic rings. The molecule has 0 radical (unpaired) electrons. The average Bonchev–Trinajstić information content (AvgIpc) is 3.55. The van der Waals surface area contributed by atoms with Crippen LogP contribution in [0.15, 0.2) is 103 Å². The largest absolute Gasteiger partial charge is 0.495 e. The van der Waals surface area contributed by atoms with E-state index in [1.807, 2.05) is 58.8 Å². The molecule has 2 atom stereocenters. The second-order valence-electron chi connectivity index (χ2n) is 9.91. The highest BCUT2D eigenvalue weighted by Gasteiger charge is 2.28. The molecule has 0 bridgehead atoms. The Morgan fingerprint density at radius 1 is 0.778 bits per heavy atom. The Labute approximate surface area is 265 Å². The van der Waals surface area contributed by atoms with E-state index in [0.717, 1.165) is 5.69 Å². The van der Waals surface area contributed by atoms with Crippen LogP contribution < -0.4 is 29.7 Å². The summed E-state index contributed by atoms with van der Waals surface area (Å²) < 4.78 is 16.8. The Morgan fingerprint density at radius 2 is 1.42 bits per heavy atom. The van der Waals surface area contributed by atoms with Gasteiger partial charge in [-0.15, -0.1) is 11.3 Å². The van der Waals surface area contributed by atoms with Crippen LogP contribution in [0.25, 0.3) is 11.4 Å². The van der Waals surface area contributed by atoms with E-state index >= 15 is 0 Å². The number of nitrogens with zero attached hydrogens (tertiary/aromatic N) is 3. The lowest BCUT2D eigenvalue weighted by Crippen LogP contribution is -2.39. The molecule has 230 valence electrons. The van der Waals surface area contributed by atoms with Crippen molar-refractivity contribution < 1.29 is 23.8 Å². The fourth-order valence-electron chi connectivity index (χ4n) is 4.56. The number of carbonyl (C=O) groups excluding carboxylic acids is 2. The summed E-state index contributed by atoms with van der Waals surface area (Å²) in [4.78, 5) is 37.8. The van der Waals surface area contributed by atoms with Crippen molar-refractivity contribution in [2.24, 2.45) is 0 Å². The molecule has 10 nitrogen and oxygen atoms in total. The van der Waals surface area contributed by atoms with Crippen molar-refractivity contribution in [2.45, 2.75) is 26.0 Å². The quantitative estimate of drug-likeness (QED) is 0.156. The van der Waals surface area contributed by atoms with E-state index in [1.54, 1.807) is 76.7 Å². The number of rotatable bonds is 12. The number of para-hydroxylation sites is 4. The third-order valence-electron chi connectivity index (χ3n) is 6.90. The summed E-state index contributed by atoms with van der Waals surface area (Å²) in [5, 5.41) is 8.31. The molecule has 3 aromatic carbocycles. The number of pyridine rings is 1. The highest BCUT2D eigenvalue weighted by molar-refractivity contribution is 7.14. The van der Waals surface area contributed by atoms with Crippen LogP contribution in [0, 0.1) is 0 Å². The molecular weight excluding hydrogens is 590 g/mol. The first-order valence-corrected chi connectivity index (χ1v) is 15.1. The number of anilines is 4. The normalized spacial score (nSPS) is 12.0. The minimum Gasteiger partial charge on any atom is -0.495 e. The summed E-state index contributed by atoms with van der Waals surface area (Å²) in [6.07, 6.45) is 0.877. The second kappa shape index (κ2) is 14.4. The van der Waals surface area contributed by atoms with Gasteiger partial charge in [0.25, 0.3) is 5.91 Å². The predicted molar refractivity (Wildman–Crippen MR) is 177 cm³/mol. The molecule has 0 fully saturated rings. The van der Waals surface area contributed by atoms with Crippen LogP contribution in [0.4, 0.5) is 22.2 Å². The molecule has 2 unspecified atom stereocenters. The summed E-state index contributed by atoms with van der Waals surface area (Å²) >= 11 is 1.39. The maximum Gasteiger partial charge on any atom is 0.265 e. The van der Waals surface area contributed by atoms with Gasteiger partial charge in [-0.3, -0.25) is 14.6 Å². The van der Waals surface area contributed by atoms with Crippen LogP contribution in [0.1, 0.15) is 13.8 Å². The zero-order valence-electron chi connectivity index (χ0n) is 25.3. The number of hydrogen-bond acceptors (Lipinski definition) is 9. The van der Waals surface area contributed by atoms with Gasteiger partial charge >= 0.3 is 0 Å². The Kier molecular flexibility index (Phi) is 9.90. The molecule has 11 heteroatoms. The number of benzene rings is 3. The molecule has 2 aromatic heterocycles. The van der Waals surface area contributed by atoms with Crippen molar-refractivity contribution in [3.8, 4) is 28.6 Å². The Morgan fingerprint density at radius 3 is 2.07 bits per heavy atom. The van der Waals surface area contributed by atoms with Crippen molar-refractivity contribution in [3.05, 3.63) is 103 Å². The molecular formula is C34H33N5O5S. The van der Waals surface area contributed by atoms with Gasteiger partial charge in [0.1, 0.15) is 29.0 Å². The number of methoxy groups -OCH3 is 2. The maximum atomic E-state index is 13.7. The number of hydrogen-bond donors (Lipinski definition) is 2. The lowest BCUT2D eigenvalue weighted by atomic mass is 10.2. The summed E-state index contributed by atoms with van der Waals surface area (Å²) in [5.41, 5.74) is 3.15. The number of thiazole rings is 1. The van der Waals surface area contributed by atoms with Gasteiger partial charge in [0.2, 0.25) is 5.91 Å². The molecule has 45 heavy (non-hydrogen) atoms. The Balaban J connectivity index is 1.42. The molecule has 2 N–H and O–H groups in total. The fraction of sp³-hybridized carbons (Fsp3) is 0.176. The van der Waals surface area contributed by atoms with Crippen molar-refractivity contribution in [2.75, 3.05) is 29.8 Å². The van der Waals surface area contributed by atoms with E-state index in [1.165, 1.54) is 11.3 Å². The van der Waals surface area contributed by atoms with Crippen LogP contribution in [0.5, 0.6) is 17.2 Å². The molecule has 5 aromatic rings. The molecule has 2 heterocycles. The lowest BCUT2D eigenvalue weighted by molar-refractivity contribution is -0.122. The average molecular weight is 624 g/mol. The van der Waals surface area contributed by atoms with Crippen molar-refractivity contribution >= 4 is 45.3 Å². The molecule has 0 saturated heterocycles. The number of amides is 2. The standard InChI is InChI=1S/C34H33N5O5S/c1-22(32(40)36-27-15-5-7-17-30(27)42-3)39(34-38-29(21-45-34)26-14-9-10-19-35-26)24-12-11-13-25(20-24)44-23(2)33(41)37-28-16-6-8-18-31(28)43-4/h5-23H,1-4H3,(H,36,40)(H,37,41). The summed E-state index contributed by atoms with van der Waals surface area (Å²) in [5.74, 6) is 0.923. The van der Waals surface area contributed by atoms with E-state index in [-0.39, 0.29) is 11.8 Å². The molecule has 0 aliphatic carbocycles. The van der Waals surface area contributed by atoms with E-state index in [0.29, 0.717) is 45.1 Å². The van der Waals surface area contributed by atoms with Crippen molar-refractivity contribution in [1.82, 2.24) is 9.97 Å². The van der Waals surface area contributed by atoms with Gasteiger partial charge in [-0.05, 0) is 62.4 Å². The Bertz CT molecular complexity index is 1760. The van der Waals surface area contributed by atoms with Gasteiger partial charge in [0.15, 0.2) is 11.2 Å². The molecule has 0 spiro atoms. The summed E-state index contributed by atoms with van der Waals surface area (Å²) in [7, 11) is 3.10. The second-order valence-corrected chi connectivity index (χ2v) is 10.7. The minimum absolute atomic E-state index is 0.273. The molecule has 0 saturated carbocycles. The van der Waals surface area contributed by atoms with Crippen LogP contribution in [0.3, 0.4) is 0 Å². The number of ether oxygens (including phenoxy) is 3. The first kappa shape index (κ1) is 31.0. The highest BCUT2D eigenvalue weighted by Crippen LogP contribution is 2.36. The van der Waals surface area contributed by atoms with E-state index < -0.39 is 12.1 Å². The number of nitrogens with one attached hydrogen (secondary N) is 2. The topological polar surface area (TPSA) is 115 Å². The molecule has 5 rings (SSSR count). The monoisotopic (exact) mass is 623 g/mol. The fourth-order valence-corrected chi connectivity index (χ4v) is 5.47. The van der Waals surface area contributed by atoms with Gasteiger partial charge < -0.3 is 29.7 Å². The molecule has 0 aliphatic heterocycles. The smallest absolute Gasteiger partial charge is 0.265 e. The van der Waals surface area contributed by atoms with E-state index in [9.17, 15) is 9.59 Å². The SMILES string of the molecule is COc1ccccc1NC(=O)C(C)Oc1cccc(N(c2nc(-c3ccccn3)cs2)C(C)C(=O)Nc2ccccc2OC)c1. The zero-order valence-corrected chi connectivity index (χ0v) is 26.1. The maximum absolute atomic E-state index is 13.7. The van der Waals surface area contributed by atoms with Crippen molar-refractivity contribution in [3.63, 3.8) is 0 Å². The third-order valence-corrected chi connectivity index (χ3v) is 7.74. The van der Waals surface area contributed by atoms with Gasteiger partial charge in [0.05, 0.1) is 31.3 Å². The first-order chi connectivity index (χ1) is 21.9. The van der Waals surface area contributed by atoms with Crippen LogP contribution in [0.2, 0.25) is 0 Å². The third kappa shape index (κ3) is 7.39. The summed E-state index contributed by atoms with van der Waals surface area (Å²) in [6, 6.07) is 26.5. The highest BCUT2D eigenvalue weighted by atomic mass is 32.1. The lowest BCUT2D eigenvalue weighted by Gasteiger charge is -2.29. The predicted octanol–water partition coefficient (Wildman–Crippen LogP) is 6.79. The number of aromatic nitrogens is 2. The van der Waals surface area contributed by atoms with Gasteiger partial charge in [-0.2, -0.15) is 0 Å². The van der Waals surface area contributed by atoms with Crippen LogP contribution >= 0.6 is 11.3 Å². The van der Waals surface area contributed by atoms with Gasteiger partial charge in [0, 0.05) is 23.3 Å². The summed E-state index contributed by atoms with van der Waals surface area (Å²) in [6.45, 7) is 3.46. The van der Waals surface area contributed by atoms with E-state index in [2.05, 4.69) is 15.6 Å². The first-order valence-electron chi connectivity index (χ1n) is 14.2. The van der Waals surface area contributed by atoms with Crippen LogP contribution in [-0.2, 0) is 9.59 Å². The Hall–Kier alpha value is -5.42.